The van der Waals surface area contributed by atoms with Gasteiger partial charge in [0.05, 0.1) is 5.56 Å². The van der Waals surface area contributed by atoms with Gasteiger partial charge in [-0.15, -0.1) is 0 Å². The largest absolute Gasteiger partial charge is 0.383 e. The molecular weight excluding hydrogens is 306 g/mol. The Morgan fingerprint density at radius 1 is 1.47 bits per heavy atom. The molecule has 1 aliphatic rings. The minimum atomic E-state index is -0.127. The maximum Gasteiger partial charge on any atom is 0.255 e. The summed E-state index contributed by atoms with van der Waals surface area (Å²) in [6.07, 6.45) is 4.96. The predicted molar refractivity (Wildman–Crippen MR) is 79.8 cm³/mol. The van der Waals surface area contributed by atoms with Crippen molar-refractivity contribution in [1.29, 1.82) is 0 Å². The Morgan fingerprint density at radius 2 is 2.21 bits per heavy atom. The van der Waals surface area contributed by atoms with Gasteiger partial charge in [0.15, 0.2) is 0 Å². The Morgan fingerprint density at radius 3 is 2.89 bits per heavy atom. The van der Waals surface area contributed by atoms with Crippen LogP contribution in [0, 0.1) is 11.8 Å². The molecule has 3 N–H and O–H groups in total. The van der Waals surface area contributed by atoms with E-state index in [1.54, 1.807) is 12.3 Å². The highest BCUT2D eigenvalue weighted by Crippen LogP contribution is 2.29. The topological polar surface area (TPSA) is 68.0 Å². The van der Waals surface area contributed by atoms with Crippen molar-refractivity contribution >= 4 is 27.7 Å². The maximum absolute atomic E-state index is 12.3. The van der Waals surface area contributed by atoms with E-state index in [1.807, 2.05) is 0 Å². The molecular formula is C14H20BrN3O. The number of anilines is 1. The van der Waals surface area contributed by atoms with Crippen molar-refractivity contribution in [3.8, 4) is 0 Å². The van der Waals surface area contributed by atoms with Crippen LogP contribution in [-0.4, -0.2) is 16.9 Å². The van der Waals surface area contributed by atoms with Gasteiger partial charge in [0.2, 0.25) is 0 Å². The van der Waals surface area contributed by atoms with Crippen LogP contribution in [0.1, 0.15) is 43.5 Å². The second-order valence-electron chi connectivity index (χ2n) is 5.56. The lowest BCUT2D eigenvalue weighted by Gasteiger charge is -2.33. The molecule has 5 heteroatoms. The summed E-state index contributed by atoms with van der Waals surface area (Å²) in [6, 6.07) is 1.95. The summed E-state index contributed by atoms with van der Waals surface area (Å²) in [7, 11) is 0. The standard InChI is InChI=1S/C14H20BrN3O/c1-8-3-4-12(9(2)5-8)18-14(19)11-6-10(15)7-17-13(11)16/h6-9,12H,3-5H2,1-2H3,(H2,16,17)(H,18,19). The van der Waals surface area contributed by atoms with Gasteiger partial charge in [-0.2, -0.15) is 0 Å². The molecule has 0 saturated heterocycles. The molecule has 3 atom stereocenters. The molecule has 3 unspecified atom stereocenters. The van der Waals surface area contributed by atoms with Gasteiger partial charge in [0.1, 0.15) is 5.82 Å². The average Bonchev–Trinajstić information content (AvgIpc) is 2.35. The first-order chi connectivity index (χ1) is 8.97. The van der Waals surface area contributed by atoms with E-state index < -0.39 is 0 Å². The fourth-order valence-corrected chi connectivity index (χ4v) is 3.09. The van der Waals surface area contributed by atoms with Crippen LogP contribution in [0.15, 0.2) is 16.7 Å². The van der Waals surface area contributed by atoms with E-state index in [4.69, 9.17) is 5.73 Å². The van der Waals surface area contributed by atoms with E-state index in [0.717, 1.165) is 23.2 Å². The first kappa shape index (κ1) is 14.3. The summed E-state index contributed by atoms with van der Waals surface area (Å²) in [5.41, 5.74) is 6.20. The van der Waals surface area contributed by atoms with E-state index in [0.29, 0.717) is 11.5 Å². The normalized spacial score (nSPS) is 27.0. The smallest absolute Gasteiger partial charge is 0.255 e. The number of amides is 1. The van der Waals surface area contributed by atoms with Crippen molar-refractivity contribution in [1.82, 2.24) is 10.3 Å². The predicted octanol–water partition coefficient (Wildman–Crippen LogP) is 2.98. The molecule has 1 heterocycles. The molecule has 104 valence electrons. The van der Waals surface area contributed by atoms with Crippen molar-refractivity contribution in [2.75, 3.05) is 5.73 Å². The number of hydrogen-bond acceptors (Lipinski definition) is 3. The number of pyridine rings is 1. The fourth-order valence-electron chi connectivity index (χ4n) is 2.76. The van der Waals surface area contributed by atoms with Crippen LogP contribution in [0.4, 0.5) is 5.82 Å². The number of nitrogens with zero attached hydrogens (tertiary/aromatic N) is 1. The van der Waals surface area contributed by atoms with Gasteiger partial charge in [0.25, 0.3) is 5.91 Å². The van der Waals surface area contributed by atoms with Crippen LogP contribution < -0.4 is 11.1 Å². The summed E-state index contributed by atoms with van der Waals surface area (Å²) in [5.74, 6) is 1.41. The monoisotopic (exact) mass is 325 g/mol. The highest BCUT2D eigenvalue weighted by molar-refractivity contribution is 9.10. The maximum atomic E-state index is 12.3. The van der Waals surface area contributed by atoms with Crippen molar-refractivity contribution < 1.29 is 4.79 Å². The molecule has 0 bridgehead atoms. The van der Waals surface area contributed by atoms with Crippen molar-refractivity contribution in [2.24, 2.45) is 11.8 Å². The average molecular weight is 326 g/mol. The SMILES string of the molecule is CC1CCC(NC(=O)c2cc(Br)cnc2N)C(C)C1. The lowest BCUT2D eigenvalue weighted by Crippen LogP contribution is -2.42. The number of nitrogens with one attached hydrogen (secondary N) is 1. The van der Waals surface area contributed by atoms with Crippen molar-refractivity contribution in [3.63, 3.8) is 0 Å². The number of carbonyl (C=O) groups is 1. The molecule has 1 aliphatic carbocycles. The third-order valence-electron chi connectivity index (χ3n) is 3.88. The third kappa shape index (κ3) is 3.47. The van der Waals surface area contributed by atoms with Gasteiger partial charge >= 0.3 is 0 Å². The van der Waals surface area contributed by atoms with Gasteiger partial charge in [-0.1, -0.05) is 13.8 Å². The van der Waals surface area contributed by atoms with E-state index in [1.165, 1.54) is 6.42 Å². The zero-order chi connectivity index (χ0) is 14.0. The molecule has 0 aliphatic heterocycles. The Balaban J connectivity index is 2.06. The van der Waals surface area contributed by atoms with E-state index >= 15 is 0 Å². The highest BCUT2D eigenvalue weighted by Gasteiger charge is 2.27. The van der Waals surface area contributed by atoms with Crippen LogP contribution >= 0.6 is 15.9 Å². The van der Waals surface area contributed by atoms with E-state index in [2.05, 4.69) is 40.1 Å². The quantitative estimate of drug-likeness (QED) is 0.878. The molecule has 1 aromatic rings. The van der Waals surface area contributed by atoms with E-state index in [-0.39, 0.29) is 17.8 Å². The Labute approximate surface area is 122 Å². The third-order valence-corrected chi connectivity index (χ3v) is 4.31. The number of hydrogen-bond donors (Lipinski definition) is 2. The summed E-state index contributed by atoms with van der Waals surface area (Å²) in [6.45, 7) is 4.47. The lowest BCUT2D eigenvalue weighted by atomic mass is 9.80. The van der Waals surface area contributed by atoms with Crippen LogP contribution in [0.5, 0.6) is 0 Å². The number of aromatic nitrogens is 1. The first-order valence-electron chi connectivity index (χ1n) is 6.69. The zero-order valence-electron chi connectivity index (χ0n) is 11.3. The summed E-state index contributed by atoms with van der Waals surface area (Å²) < 4.78 is 0.761. The molecule has 0 aromatic carbocycles. The number of carbonyl (C=O) groups excluding carboxylic acids is 1. The van der Waals surface area contributed by atoms with Crippen LogP contribution in [0.3, 0.4) is 0 Å². The molecule has 2 rings (SSSR count). The number of rotatable bonds is 2. The molecule has 1 amide bonds. The fraction of sp³-hybridized carbons (Fsp3) is 0.571. The minimum absolute atomic E-state index is 0.127. The highest BCUT2D eigenvalue weighted by atomic mass is 79.9. The van der Waals surface area contributed by atoms with Gasteiger partial charge < -0.3 is 11.1 Å². The Hall–Kier alpha value is -1.10. The first-order valence-corrected chi connectivity index (χ1v) is 7.48. The molecule has 4 nitrogen and oxygen atoms in total. The van der Waals surface area contributed by atoms with Gasteiger partial charge in [-0.05, 0) is 53.1 Å². The summed E-state index contributed by atoms with van der Waals surface area (Å²) >= 11 is 3.31. The van der Waals surface area contributed by atoms with E-state index in [9.17, 15) is 4.79 Å². The number of halogens is 1. The van der Waals surface area contributed by atoms with Gasteiger partial charge in [-0.3, -0.25) is 4.79 Å². The Kier molecular flexibility index (Phi) is 4.45. The number of nitrogens with two attached hydrogens (primary N) is 1. The Bertz CT molecular complexity index is 478. The van der Waals surface area contributed by atoms with Crippen LogP contribution in [0.25, 0.3) is 0 Å². The molecule has 1 aromatic heterocycles. The van der Waals surface area contributed by atoms with Crippen molar-refractivity contribution in [2.45, 2.75) is 39.2 Å². The number of nitrogen functional groups attached to an aromatic ring is 1. The summed E-state index contributed by atoms with van der Waals surface area (Å²) in [5, 5.41) is 3.09. The van der Waals surface area contributed by atoms with Gasteiger partial charge in [0, 0.05) is 16.7 Å². The van der Waals surface area contributed by atoms with Gasteiger partial charge in [-0.25, -0.2) is 4.98 Å². The molecule has 0 spiro atoms. The van der Waals surface area contributed by atoms with Crippen LogP contribution in [0.2, 0.25) is 0 Å². The molecule has 1 saturated carbocycles. The molecule has 19 heavy (non-hydrogen) atoms. The lowest BCUT2D eigenvalue weighted by molar-refractivity contribution is 0.0900. The zero-order valence-corrected chi connectivity index (χ0v) is 12.9. The minimum Gasteiger partial charge on any atom is -0.383 e. The molecule has 0 radical (unpaired) electrons. The summed E-state index contributed by atoms with van der Waals surface area (Å²) in [4.78, 5) is 16.3. The van der Waals surface area contributed by atoms with Crippen LogP contribution in [-0.2, 0) is 0 Å². The second-order valence-corrected chi connectivity index (χ2v) is 6.48. The molecule has 1 fully saturated rings. The second kappa shape index (κ2) is 5.90. The van der Waals surface area contributed by atoms with Crippen molar-refractivity contribution in [3.05, 3.63) is 22.3 Å².